The van der Waals surface area contributed by atoms with Gasteiger partial charge in [0.15, 0.2) is 0 Å². The summed E-state index contributed by atoms with van der Waals surface area (Å²) in [6.45, 7) is 4.35. The van der Waals surface area contributed by atoms with Crippen LogP contribution in [-0.4, -0.2) is 11.0 Å². The van der Waals surface area contributed by atoms with Crippen LogP contribution in [0.5, 0.6) is 5.75 Å². The van der Waals surface area contributed by atoms with Gasteiger partial charge in [-0.3, -0.25) is 9.78 Å². The lowest BCUT2D eigenvalue weighted by atomic mass is 9.80. The maximum atomic E-state index is 12.4. The molecule has 138 valence electrons. The molecule has 0 saturated heterocycles. The number of esters is 1. The monoisotopic (exact) mass is 351 g/mol. The van der Waals surface area contributed by atoms with Crippen molar-refractivity contribution in [2.24, 2.45) is 11.8 Å². The molecule has 1 heterocycles. The van der Waals surface area contributed by atoms with Crippen molar-refractivity contribution in [2.75, 3.05) is 0 Å². The summed E-state index contributed by atoms with van der Waals surface area (Å²) in [6, 6.07) is 11.8. The largest absolute Gasteiger partial charge is 0.426 e. The van der Waals surface area contributed by atoms with Crippen molar-refractivity contribution in [3.8, 4) is 17.0 Å². The molecule has 1 aliphatic carbocycles. The molecule has 0 unspecified atom stereocenters. The van der Waals surface area contributed by atoms with E-state index in [-0.39, 0.29) is 11.9 Å². The maximum absolute atomic E-state index is 12.4. The molecule has 0 aliphatic heterocycles. The number of pyridine rings is 1. The van der Waals surface area contributed by atoms with Gasteiger partial charge in [-0.05, 0) is 73.9 Å². The maximum Gasteiger partial charge on any atom is 0.314 e. The molecule has 3 heteroatoms. The number of rotatable bonds is 6. The molecule has 0 radical (unpaired) electrons. The summed E-state index contributed by atoms with van der Waals surface area (Å²) in [5.74, 6) is 1.42. The van der Waals surface area contributed by atoms with Gasteiger partial charge in [0.05, 0.1) is 11.6 Å². The van der Waals surface area contributed by atoms with Crippen molar-refractivity contribution in [1.82, 2.24) is 4.98 Å². The minimum atomic E-state index is -0.0712. The molecule has 3 nitrogen and oxygen atoms in total. The third-order valence-corrected chi connectivity index (χ3v) is 5.48. The number of ether oxygens (including phenoxy) is 1. The molecule has 0 N–H and O–H groups in total. The first-order chi connectivity index (χ1) is 12.7. The molecular weight excluding hydrogens is 322 g/mol. The van der Waals surface area contributed by atoms with E-state index >= 15 is 0 Å². The lowest BCUT2D eigenvalue weighted by molar-refractivity contribution is -0.140. The lowest BCUT2D eigenvalue weighted by Gasteiger charge is -2.26. The second-order valence-corrected chi connectivity index (χ2v) is 7.36. The van der Waals surface area contributed by atoms with Gasteiger partial charge in [0.25, 0.3) is 0 Å². The summed E-state index contributed by atoms with van der Waals surface area (Å²) < 4.78 is 5.62. The first-order valence-electron chi connectivity index (χ1n) is 9.96. The highest BCUT2D eigenvalue weighted by Gasteiger charge is 2.27. The van der Waals surface area contributed by atoms with Crippen molar-refractivity contribution in [2.45, 2.75) is 58.8 Å². The number of nitrogens with zero attached hydrogens (tertiary/aromatic N) is 1. The zero-order valence-electron chi connectivity index (χ0n) is 15.9. The second kappa shape index (κ2) is 8.98. The fourth-order valence-electron chi connectivity index (χ4n) is 3.79. The van der Waals surface area contributed by atoms with Crippen LogP contribution in [-0.2, 0) is 11.2 Å². The molecule has 1 aliphatic rings. The van der Waals surface area contributed by atoms with Crippen LogP contribution in [0.15, 0.2) is 42.6 Å². The highest BCUT2D eigenvalue weighted by Crippen LogP contribution is 2.32. The Morgan fingerprint density at radius 1 is 1.04 bits per heavy atom. The number of aromatic nitrogens is 1. The van der Waals surface area contributed by atoms with Crippen LogP contribution in [0.1, 0.15) is 57.9 Å². The van der Waals surface area contributed by atoms with Gasteiger partial charge in [-0.1, -0.05) is 32.8 Å². The van der Waals surface area contributed by atoms with E-state index in [9.17, 15) is 4.79 Å². The minimum Gasteiger partial charge on any atom is -0.426 e. The number of carbonyl (C=O) groups excluding carboxylic acids is 1. The van der Waals surface area contributed by atoms with Crippen LogP contribution >= 0.6 is 0 Å². The summed E-state index contributed by atoms with van der Waals surface area (Å²) in [5, 5.41) is 0. The van der Waals surface area contributed by atoms with Gasteiger partial charge in [-0.15, -0.1) is 0 Å². The molecule has 1 aromatic heterocycles. The highest BCUT2D eigenvalue weighted by atomic mass is 16.5. The van der Waals surface area contributed by atoms with E-state index < -0.39 is 0 Å². The van der Waals surface area contributed by atoms with Crippen molar-refractivity contribution < 1.29 is 9.53 Å². The van der Waals surface area contributed by atoms with Crippen LogP contribution in [0.25, 0.3) is 11.3 Å². The van der Waals surface area contributed by atoms with E-state index in [0.717, 1.165) is 49.3 Å². The van der Waals surface area contributed by atoms with Gasteiger partial charge in [0.2, 0.25) is 0 Å². The van der Waals surface area contributed by atoms with E-state index in [2.05, 4.69) is 24.9 Å². The van der Waals surface area contributed by atoms with E-state index in [4.69, 9.17) is 4.74 Å². The SMILES string of the molecule is CCC[C@H]1CC[C@H](C(=O)Oc2ccc(-c3ccc(CC)cn3)cc2)CC1. The van der Waals surface area contributed by atoms with Crippen molar-refractivity contribution in [3.05, 3.63) is 48.2 Å². The van der Waals surface area contributed by atoms with E-state index in [0.29, 0.717) is 5.75 Å². The van der Waals surface area contributed by atoms with E-state index in [1.807, 2.05) is 36.5 Å². The zero-order valence-corrected chi connectivity index (χ0v) is 15.9. The number of benzene rings is 1. The topological polar surface area (TPSA) is 39.2 Å². The summed E-state index contributed by atoms with van der Waals surface area (Å²) in [7, 11) is 0. The summed E-state index contributed by atoms with van der Waals surface area (Å²) in [6.07, 6.45) is 9.68. The predicted molar refractivity (Wildman–Crippen MR) is 105 cm³/mol. The smallest absolute Gasteiger partial charge is 0.314 e. The lowest BCUT2D eigenvalue weighted by Crippen LogP contribution is -2.25. The highest BCUT2D eigenvalue weighted by molar-refractivity contribution is 5.75. The normalized spacial score (nSPS) is 19.9. The van der Waals surface area contributed by atoms with Gasteiger partial charge in [-0.2, -0.15) is 0 Å². The standard InChI is InChI=1S/C23H29NO2/c1-3-5-18-6-9-20(10-7-18)23(25)26-21-13-11-19(12-14-21)22-15-8-17(4-2)16-24-22/h8,11-16,18,20H,3-7,9-10H2,1-2H3/t18-,20-. The fourth-order valence-corrected chi connectivity index (χ4v) is 3.79. The Hall–Kier alpha value is -2.16. The molecule has 0 spiro atoms. The summed E-state index contributed by atoms with van der Waals surface area (Å²) >= 11 is 0. The molecule has 1 aromatic carbocycles. The minimum absolute atomic E-state index is 0.0611. The van der Waals surface area contributed by atoms with Crippen LogP contribution in [0.3, 0.4) is 0 Å². The van der Waals surface area contributed by atoms with Crippen LogP contribution < -0.4 is 4.74 Å². The molecule has 0 bridgehead atoms. The Bertz CT molecular complexity index is 698. The second-order valence-electron chi connectivity index (χ2n) is 7.36. The number of aryl methyl sites for hydroxylation is 1. The average Bonchev–Trinajstić information content (AvgIpc) is 2.69. The van der Waals surface area contributed by atoms with Gasteiger partial charge in [0, 0.05) is 11.8 Å². The average molecular weight is 351 g/mol. The predicted octanol–water partition coefficient (Wildman–Crippen LogP) is 5.82. The summed E-state index contributed by atoms with van der Waals surface area (Å²) in [5.41, 5.74) is 3.20. The van der Waals surface area contributed by atoms with Crippen LogP contribution in [0.4, 0.5) is 0 Å². The molecule has 26 heavy (non-hydrogen) atoms. The Kier molecular flexibility index (Phi) is 6.43. The molecule has 0 atom stereocenters. The van der Waals surface area contributed by atoms with Gasteiger partial charge in [0.1, 0.15) is 5.75 Å². The summed E-state index contributed by atoms with van der Waals surface area (Å²) in [4.78, 5) is 16.9. The number of hydrogen-bond donors (Lipinski definition) is 0. The number of hydrogen-bond acceptors (Lipinski definition) is 3. The quantitative estimate of drug-likeness (QED) is 0.486. The molecule has 1 fully saturated rings. The zero-order chi connectivity index (χ0) is 18.4. The first-order valence-corrected chi connectivity index (χ1v) is 9.96. The molecule has 1 saturated carbocycles. The van der Waals surface area contributed by atoms with Gasteiger partial charge in [-0.25, -0.2) is 0 Å². The Morgan fingerprint density at radius 3 is 2.35 bits per heavy atom. The van der Waals surface area contributed by atoms with Gasteiger partial charge >= 0.3 is 5.97 Å². The van der Waals surface area contributed by atoms with Crippen molar-refractivity contribution in [1.29, 1.82) is 0 Å². The molecule has 0 amide bonds. The fraction of sp³-hybridized carbons (Fsp3) is 0.478. The Morgan fingerprint density at radius 2 is 1.77 bits per heavy atom. The van der Waals surface area contributed by atoms with E-state index in [1.54, 1.807) is 0 Å². The molecular formula is C23H29NO2. The third-order valence-electron chi connectivity index (χ3n) is 5.48. The van der Waals surface area contributed by atoms with Crippen molar-refractivity contribution >= 4 is 5.97 Å². The first kappa shape index (κ1) is 18.6. The van der Waals surface area contributed by atoms with Crippen LogP contribution in [0, 0.1) is 11.8 Å². The third kappa shape index (κ3) is 4.72. The Balaban J connectivity index is 1.56. The number of carbonyl (C=O) groups is 1. The van der Waals surface area contributed by atoms with Gasteiger partial charge < -0.3 is 4.74 Å². The molecule has 3 rings (SSSR count). The molecule has 2 aromatic rings. The van der Waals surface area contributed by atoms with Crippen molar-refractivity contribution in [3.63, 3.8) is 0 Å². The Labute approximate surface area is 156 Å². The van der Waals surface area contributed by atoms with E-state index in [1.165, 1.54) is 18.4 Å². The van der Waals surface area contributed by atoms with Crippen LogP contribution in [0.2, 0.25) is 0 Å².